The van der Waals surface area contributed by atoms with E-state index in [4.69, 9.17) is 37.9 Å². The van der Waals surface area contributed by atoms with Gasteiger partial charge in [0.15, 0.2) is 11.5 Å². The molecule has 13 nitrogen and oxygen atoms in total. The molecule has 250 valence electrons. The van der Waals surface area contributed by atoms with Gasteiger partial charge in [-0.25, -0.2) is 24.0 Å². The molecule has 0 aromatic heterocycles. The van der Waals surface area contributed by atoms with Crippen LogP contribution in [0, 0.1) is 0 Å². The molecule has 0 fully saturated rings. The molecule has 0 aliphatic carbocycles. The molecule has 3 aromatic rings. The van der Waals surface area contributed by atoms with Crippen LogP contribution >= 0.6 is 0 Å². The number of benzene rings is 3. The van der Waals surface area contributed by atoms with E-state index in [0.717, 1.165) is 0 Å². The molecule has 0 spiro atoms. The van der Waals surface area contributed by atoms with Gasteiger partial charge in [0.25, 0.3) is 0 Å². The molecule has 0 aliphatic heterocycles. The Morgan fingerprint density at radius 2 is 0.854 bits per heavy atom. The second-order valence-corrected chi connectivity index (χ2v) is 9.86. The van der Waals surface area contributed by atoms with Crippen molar-refractivity contribution in [1.29, 1.82) is 0 Å². The molecule has 0 bridgehead atoms. The Kier molecular flexibility index (Phi) is 13.1. The van der Waals surface area contributed by atoms with Gasteiger partial charge in [-0.05, 0) is 81.4 Å². The third-order valence-corrected chi connectivity index (χ3v) is 5.79. The minimum absolute atomic E-state index is 0.0157. The summed E-state index contributed by atoms with van der Waals surface area (Å²) in [5, 5.41) is 0. The van der Waals surface area contributed by atoms with Crippen LogP contribution in [0.4, 0.5) is 0 Å². The third kappa shape index (κ3) is 11.2. The van der Waals surface area contributed by atoms with E-state index in [9.17, 15) is 24.0 Å². The Balaban J connectivity index is 1.68. The number of carbonyl (C=O) groups is 5. The van der Waals surface area contributed by atoms with Gasteiger partial charge in [0.2, 0.25) is 20.4 Å². The zero-order chi connectivity index (χ0) is 35.2. The van der Waals surface area contributed by atoms with E-state index in [1.165, 1.54) is 87.5 Å². The van der Waals surface area contributed by atoms with E-state index in [2.05, 4.69) is 19.7 Å². The van der Waals surface area contributed by atoms with E-state index >= 15 is 0 Å². The Hall–Kier alpha value is -6.37. The minimum atomic E-state index is -0.777. The predicted molar refractivity (Wildman–Crippen MR) is 168 cm³/mol. The molecule has 0 heterocycles. The van der Waals surface area contributed by atoms with Crippen molar-refractivity contribution in [2.75, 3.05) is 20.4 Å². The maximum Gasteiger partial charge on any atom is 0.343 e. The average Bonchev–Trinajstić information content (AvgIpc) is 3.06. The Labute approximate surface area is 275 Å². The molecule has 0 unspecified atom stereocenters. The van der Waals surface area contributed by atoms with Crippen molar-refractivity contribution < 1.29 is 61.9 Å². The fraction of sp³-hybridized carbons (Fsp3) is 0.171. The van der Waals surface area contributed by atoms with Gasteiger partial charge in [-0.3, -0.25) is 0 Å². The van der Waals surface area contributed by atoms with Crippen molar-refractivity contribution >= 4 is 29.8 Å². The van der Waals surface area contributed by atoms with Gasteiger partial charge in [-0.15, -0.1) is 0 Å². The molecule has 3 aromatic carbocycles. The zero-order valence-electron chi connectivity index (χ0n) is 26.4. The van der Waals surface area contributed by atoms with Crippen LogP contribution in [0.15, 0.2) is 103 Å². The lowest BCUT2D eigenvalue weighted by atomic mass is 10.2. The number of hydrogen-bond donors (Lipinski definition) is 0. The number of ether oxygens (including phenoxy) is 8. The highest BCUT2D eigenvalue weighted by Gasteiger charge is 2.17. The van der Waals surface area contributed by atoms with Crippen LogP contribution in [0.5, 0.6) is 28.7 Å². The van der Waals surface area contributed by atoms with Gasteiger partial charge in [0.1, 0.15) is 17.2 Å². The lowest BCUT2D eigenvalue weighted by molar-refractivity contribution is -0.146. The first kappa shape index (κ1) is 36.1. The van der Waals surface area contributed by atoms with E-state index in [-0.39, 0.29) is 58.7 Å². The monoisotopic (exact) mass is 660 g/mol. The van der Waals surface area contributed by atoms with Crippen molar-refractivity contribution in [2.24, 2.45) is 0 Å². The summed E-state index contributed by atoms with van der Waals surface area (Å²) in [4.78, 5) is 60.5. The standard InChI is InChI=1S/C35H32O13/c1-21(2)31(36)44-18-41-26-11-7-24(8-12-26)34(39)47-28-15-16-29(30(17-28)43-20-46-33(38)23(5)6)48-35(40)25-9-13-27(14-10-25)42-19-45-32(37)22(3)4/h7-17H,1,3,5,18-20H2,2,4,6H3. The average molecular weight is 661 g/mol. The first-order chi connectivity index (χ1) is 22.8. The van der Waals surface area contributed by atoms with E-state index in [0.29, 0.717) is 11.5 Å². The third-order valence-electron chi connectivity index (χ3n) is 5.79. The quantitative estimate of drug-likeness (QED) is 0.0624. The second kappa shape index (κ2) is 17.4. The molecule has 0 saturated heterocycles. The fourth-order valence-corrected chi connectivity index (χ4v) is 3.27. The molecule has 0 saturated carbocycles. The van der Waals surface area contributed by atoms with Crippen molar-refractivity contribution in [3.63, 3.8) is 0 Å². The van der Waals surface area contributed by atoms with Crippen LogP contribution in [-0.4, -0.2) is 50.2 Å². The number of esters is 5. The molecular weight excluding hydrogens is 628 g/mol. The van der Waals surface area contributed by atoms with Gasteiger partial charge in [-0.2, -0.15) is 0 Å². The molecule has 0 aliphatic rings. The van der Waals surface area contributed by atoms with Crippen LogP contribution < -0.4 is 23.7 Å². The van der Waals surface area contributed by atoms with Crippen LogP contribution in [0.25, 0.3) is 0 Å². The molecule has 3 rings (SSSR count). The summed E-state index contributed by atoms with van der Waals surface area (Å²) < 4.78 is 41.8. The van der Waals surface area contributed by atoms with Gasteiger partial charge in [0.05, 0.1) is 11.1 Å². The van der Waals surface area contributed by atoms with Crippen molar-refractivity contribution in [1.82, 2.24) is 0 Å². The maximum absolute atomic E-state index is 12.9. The number of rotatable bonds is 16. The molecular formula is C35H32O13. The summed E-state index contributed by atoms with van der Waals surface area (Å²) in [5.41, 5.74) is 0.884. The van der Waals surface area contributed by atoms with Crippen LogP contribution in [0.3, 0.4) is 0 Å². The van der Waals surface area contributed by atoms with E-state index in [1.54, 1.807) is 0 Å². The smallest absolute Gasteiger partial charge is 0.343 e. The first-order valence-corrected chi connectivity index (χ1v) is 14.0. The summed E-state index contributed by atoms with van der Waals surface area (Å²) >= 11 is 0. The molecule has 0 amide bonds. The topological polar surface area (TPSA) is 159 Å². The summed E-state index contributed by atoms with van der Waals surface area (Å²) in [7, 11) is 0. The SMILES string of the molecule is C=C(C)C(=O)OCOc1ccc(C(=O)Oc2ccc(OC(=O)c3ccc(OCOC(=O)C(=C)C)cc3)c(OCOC(=O)C(=C)C)c2)cc1. The maximum atomic E-state index is 12.9. The van der Waals surface area contributed by atoms with E-state index < -0.39 is 36.6 Å². The highest BCUT2D eigenvalue weighted by molar-refractivity contribution is 5.92. The van der Waals surface area contributed by atoms with Crippen LogP contribution in [0.1, 0.15) is 41.5 Å². The van der Waals surface area contributed by atoms with Gasteiger partial charge in [0, 0.05) is 22.8 Å². The van der Waals surface area contributed by atoms with Gasteiger partial charge < -0.3 is 37.9 Å². The highest BCUT2D eigenvalue weighted by Crippen LogP contribution is 2.33. The summed E-state index contributed by atoms with van der Waals surface area (Å²) in [6.45, 7) is 13.6. The fourth-order valence-electron chi connectivity index (χ4n) is 3.27. The number of hydrogen-bond acceptors (Lipinski definition) is 13. The molecule has 0 N–H and O–H groups in total. The van der Waals surface area contributed by atoms with Crippen LogP contribution in [0.2, 0.25) is 0 Å². The summed E-state index contributed by atoms with van der Waals surface area (Å²) in [5.74, 6) is -2.94. The van der Waals surface area contributed by atoms with Crippen molar-refractivity contribution in [3.8, 4) is 28.7 Å². The highest BCUT2D eigenvalue weighted by atomic mass is 16.7. The summed E-state index contributed by atoms with van der Waals surface area (Å²) in [6.07, 6.45) is 0. The first-order valence-electron chi connectivity index (χ1n) is 14.0. The van der Waals surface area contributed by atoms with Crippen molar-refractivity contribution in [2.45, 2.75) is 20.8 Å². The largest absolute Gasteiger partial charge is 0.457 e. The van der Waals surface area contributed by atoms with Crippen LogP contribution in [-0.2, 0) is 28.6 Å². The normalized spacial score (nSPS) is 10.1. The second-order valence-electron chi connectivity index (χ2n) is 9.86. The van der Waals surface area contributed by atoms with E-state index in [1.807, 2.05) is 0 Å². The van der Waals surface area contributed by atoms with Crippen molar-refractivity contribution in [3.05, 3.63) is 114 Å². The van der Waals surface area contributed by atoms with Gasteiger partial charge >= 0.3 is 29.8 Å². The lowest BCUT2D eigenvalue weighted by Gasteiger charge is -2.14. The molecule has 13 heteroatoms. The predicted octanol–water partition coefficient (Wildman–Crippen LogP) is 5.49. The van der Waals surface area contributed by atoms with Gasteiger partial charge in [-0.1, -0.05) is 19.7 Å². The minimum Gasteiger partial charge on any atom is -0.457 e. The summed E-state index contributed by atoms with van der Waals surface area (Å²) in [6, 6.07) is 15.6. The molecule has 0 radical (unpaired) electrons. The zero-order valence-corrected chi connectivity index (χ0v) is 26.4. The molecule has 0 atom stereocenters. The Morgan fingerprint density at radius 3 is 1.27 bits per heavy atom. The Bertz CT molecular complexity index is 1700. The number of carbonyl (C=O) groups excluding carboxylic acids is 5. The Morgan fingerprint density at radius 1 is 0.479 bits per heavy atom. The lowest BCUT2D eigenvalue weighted by Crippen LogP contribution is -2.14. The molecule has 48 heavy (non-hydrogen) atoms.